The van der Waals surface area contributed by atoms with Crippen LogP contribution in [0.15, 0.2) is 175 Å². The van der Waals surface area contributed by atoms with Crippen molar-refractivity contribution in [2.75, 3.05) is 0 Å². The fraction of sp³-hybridized carbons (Fsp3) is 0. The third-order valence-corrected chi connectivity index (χ3v) is 10.2. The molecule has 2 aromatic heterocycles. The Balaban J connectivity index is 1.33. The third kappa shape index (κ3) is 4.78. The van der Waals surface area contributed by atoms with Crippen LogP contribution in [0.4, 0.5) is 0 Å². The number of rotatable bonds is 6. The van der Waals surface area contributed by atoms with Crippen molar-refractivity contribution in [3.63, 3.8) is 0 Å². The second-order valence-corrected chi connectivity index (χ2v) is 13.0. The van der Waals surface area contributed by atoms with E-state index in [9.17, 15) is 8.42 Å². The van der Waals surface area contributed by atoms with Crippen molar-refractivity contribution >= 4 is 32.0 Å². The Morgan fingerprint density at radius 1 is 0.457 bits per heavy atom. The molecule has 0 atom stereocenters. The maximum absolute atomic E-state index is 14.2. The largest absolute Gasteiger partial charge is 0.269 e. The highest BCUT2D eigenvalue weighted by Gasteiger charge is 2.26. The monoisotopic (exact) mass is 612 g/mol. The zero-order valence-electron chi connectivity index (χ0n) is 24.8. The molecule has 0 bridgehead atoms. The molecule has 0 fully saturated rings. The van der Waals surface area contributed by atoms with Crippen LogP contribution in [-0.2, 0) is 10.0 Å². The van der Waals surface area contributed by atoms with Crippen molar-refractivity contribution in [2.24, 2.45) is 0 Å². The summed E-state index contributed by atoms with van der Waals surface area (Å²) >= 11 is 0. The van der Waals surface area contributed by atoms with E-state index < -0.39 is 10.0 Å². The van der Waals surface area contributed by atoms with Gasteiger partial charge in [0.15, 0.2) is 5.65 Å². The van der Waals surface area contributed by atoms with Gasteiger partial charge in [0.2, 0.25) is 0 Å². The van der Waals surface area contributed by atoms with Gasteiger partial charge in [-0.1, -0.05) is 133 Å². The van der Waals surface area contributed by atoms with Crippen LogP contribution in [0.5, 0.6) is 0 Å². The standard InChI is InChI=1S/C41H28N2O2S/c44-46(45,36-14-8-3-9-15-36)43-39-25-24-35(33-18-16-31(17-19-33)29-10-4-1-5-11-29)28-38(39)40-37(26-27-42-41(40)43)34-22-20-32(21-23-34)30-12-6-2-7-13-30/h1-28H. The molecule has 6 aromatic carbocycles. The summed E-state index contributed by atoms with van der Waals surface area (Å²) in [5.74, 6) is 0. The van der Waals surface area contributed by atoms with Gasteiger partial charge in [-0.2, -0.15) is 0 Å². The van der Waals surface area contributed by atoms with Crippen molar-refractivity contribution in [3.05, 3.63) is 170 Å². The second-order valence-electron chi connectivity index (χ2n) is 11.3. The molecule has 220 valence electrons. The van der Waals surface area contributed by atoms with E-state index in [2.05, 4.69) is 78.9 Å². The molecular weight excluding hydrogens is 585 g/mol. The average Bonchev–Trinajstić information content (AvgIpc) is 3.48. The molecule has 0 saturated carbocycles. The number of hydrogen-bond acceptors (Lipinski definition) is 3. The Hall–Kier alpha value is -5.78. The van der Waals surface area contributed by atoms with Gasteiger partial charge in [-0.15, -0.1) is 0 Å². The quantitative estimate of drug-likeness (QED) is 0.188. The zero-order chi connectivity index (χ0) is 31.1. The first kappa shape index (κ1) is 27.7. The van der Waals surface area contributed by atoms with Crippen molar-refractivity contribution in [3.8, 4) is 44.5 Å². The average molecular weight is 613 g/mol. The minimum atomic E-state index is -3.95. The number of benzene rings is 6. The van der Waals surface area contributed by atoms with Crippen molar-refractivity contribution in [1.29, 1.82) is 0 Å². The van der Waals surface area contributed by atoms with Gasteiger partial charge < -0.3 is 0 Å². The minimum absolute atomic E-state index is 0.216. The van der Waals surface area contributed by atoms with Crippen LogP contribution >= 0.6 is 0 Å². The predicted octanol–water partition coefficient (Wildman–Crippen LogP) is 10.1. The number of pyridine rings is 1. The zero-order valence-corrected chi connectivity index (χ0v) is 25.6. The molecule has 0 amide bonds. The van der Waals surface area contributed by atoms with Gasteiger partial charge in [0.05, 0.1) is 10.4 Å². The molecule has 0 aliphatic carbocycles. The third-order valence-electron chi connectivity index (χ3n) is 8.52. The Kier molecular flexibility index (Phi) is 6.81. The van der Waals surface area contributed by atoms with Crippen LogP contribution in [0.25, 0.3) is 66.4 Å². The molecule has 8 aromatic rings. The predicted molar refractivity (Wildman–Crippen MR) is 188 cm³/mol. The molecular formula is C41H28N2O2S. The van der Waals surface area contributed by atoms with E-state index in [0.29, 0.717) is 11.2 Å². The Labute approximate surface area is 267 Å². The first-order valence-corrected chi connectivity index (χ1v) is 16.6. The minimum Gasteiger partial charge on any atom is -0.237 e. The Morgan fingerprint density at radius 2 is 0.913 bits per heavy atom. The van der Waals surface area contributed by atoms with Crippen molar-refractivity contribution in [2.45, 2.75) is 4.90 Å². The Bertz CT molecular complexity index is 2440. The summed E-state index contributed by atoms with van der Waals surface area (Å²) in [7, 11) is -3.95. The van der Waals surface area contributed by atoms with Gasteiger partial charge in [0, 0.05) is 17.0 Å². The lowest BCUT2D eigenvalue weighted by atomic mass is 9.96. The molecule has 0 radical (unpaired) electrons. The lowest BCUT2D eigenvalue weighted by Crippen LogP contribution is -2.13. The number of hydrogen-bond donors (Lipinski definition) is 0. The van der Waals surface area contributed by atoms with Crippen LogP contribution in [0.3, 0.4) is 0 Å². The molecule has 0 aliphatic rings. The van der Waals surface area contributed by atoms with E-state index in [1.54, 1.807) is 30.5 Å². The first-order chi connectivity index (χ1) is 22.6. The molecule has 0 aliphatic heterocycles. The molecule has 0 saturated heterocycles. The summed E-state index contributed by atoms with van der Waals surface area (Å²) in [4.78, 5) is 4.91. The molecule has 4 nitrogen and oxygen atoms in total. The maximum atomic E-state index is 14.2. The number of nitrogens with zero attached hydrogens (tertiary/aromatic N) is 2. The fourth-order valence-electron chi connectivity index (χ4n) is 6.22. The summed E-state index contributed by atoms with van der Waals surface area (Å²) in [6.07, 6.45) is 1.70. The first-order valence-electron chi connectivity index (χ1n) is 15.1. The van der Waals surface area contributed by atoms with Crippen LogP contribution in [-0.4, -0.2) is 17.4 Å². The van der Waals surface area contributed by atoms with Crippen molar-refractivity contribution < 1.29 is 8.42 Å². The lowest BCUT2D eigenvalue weighted by molar-refractivity contribution is 0.590. The van der Waals surface area contributed by atoms with Crippen LogP contribution in [0.2, 0.25) is 0 Å². The highest BCUT2D eigenvalue weighted by Crippen LogP contribution is 2.40. The van der Waals surface area contributed by atoms with Gasteiger partial charge in [0.1, 0.15) is 0 Å². The topological polar surface area (TPSA) is 52.0 Å². The van der Waals surface area contributed by atoms with E-state index in [0.717, 1.165) is 55.3 Å². The molecule has 8 rings (SSSR count). The SMILES string of the molecule is O=S(=O)(c1ccccc1)n1c2ccc(-c3ccc(-c4ccccc4)cc3)cc2c2c(-c3ccc(-c4ccccc4)cc3)ccnc21. The molecule has 5 heteroatoms. The van der Waals surface area contributed by atoms with E-state index in [-0.39, 0.29) is 4.90 Å². The van der Waals surface area contributed by atoms with Crippen LogP contribution in [0, 0.1) is 0 Å². The summed E-state index contributed by atoms with van der Waals surface area (Å²) in [5, 5.41) is 1.63. The summed E-state index contributed by atoms with van der Waals surface area (Å²) in [6, 6.07) is 54.0. The second kappa shape index (κ2) is 11.3. The maximum Gasteiger partial charge on any atom is 0.269 e. The number of fused-ring (bicyclic) bond motifs is 3. The fourth-order valence-corrected chi connectivity index (χ4v) is 7.71. The smallest absolute Gasteiger partial charge is 0.237 e. The lowest BCUT2D eigenvalue weighted by Gasteiger charge is -2.09. The van der Waals surface area contributed by atoms with Gasteiger partial charge in [-0.3, -0.25) is 0 Å². The van der Waals surface area contributed by atoms with E-state index in [1.807, 2.05) is 60.7 Å². The molecule has 0 unspecified atom stereocenters. The van der Waals surface area contributed by atoms with E-state index in [1.165, 1.54) is 3.97 Å². The normalized spacial score (nSPS) is 11.7. The van der Waals surface area contributed by atoms with Crippen LogP contribution in [0.1, 0.15) is 0 Å². The molecule has 0 spiro atoms. The van der Waals surface area contributed by atoms with Gasteiger partial charge in [0.25, 0.3) is 10.0 Å². The van der Waals surface area contributed by atoms with Gasteiger partial charge in [-0.05, 0) is 74.8 Å². The molecule has 46 heavy (non-hydrogen) atoms. The highest BCUT2D eigenvalue weighted by atomic mass is 32.2. The molecule has 0 N–H and O–H groups in total. The van der Waals surface area contributed by atoms with Crippen LogP contribution < -0.4 is 0 Å². The van der Waals surface area contributed by atoms with Crippen molar-refractivity contribution in [1.82, 2.24) is 8.96 Å². The van der Waals surface area contributed by atoms with E-state index in [4.69, 9.17) is 4.98 Å². The summed E-state index contributed by atoms with van der Waals surface area (Å²) in [5.41, 5.74) is 9.50. The highest BCUT2D eigenvalue weighted by molar-refractivity contribution is 7.90. The van der Waals surface area contributed by atoms with Gasteiger partial charge >= 0.3 is 0 Å². The Morgan fingerprint density at radius 3 is 1.48 bits per heavy atom. The molecule has 2 heterocycles. The summed E-state index contributed by atoms with van der Waals surface area (Å²) < 4.78 is 29.8. The van der Waals surface area contributed by atoms with Gasteiger partial charge in [-0.25, -0.2) is 17.4 Å². The number of aromatic nitrogens is 2. The summed E-state index contributed by atoms with van der Waals surface area (Å²) in [6.45, 7) is 0. The van der Waals surface area contributed by atoms with E-state index >= 15 is 0 Å².